The van der Waals surface area contributed by atoms with Gasteiger partial charge in [0.2, 0.25) is 5.91 Å². The lowest BCUT2D eigenvalue weighted by Crippen LogP contribution is -2.41. The van der Waals surface area contributed by atoms with Gasteiger partial charge in [-0.2, -0.15) is 0 Å². The molecule has 2 N–H and O–H groups in total. The van der Waals surface area contributed by atoms with Crippen molar-refractivity contribution in [1.82, 2.24) is 15.4 Å². The van der Waals surface area contributed by atoms with E-state index in [1.807, 2.05) is 0 Å². The van der Waals surface area contributed by atoms with Gasteiger partial charge in [0.05, 0.1) is 12.3 Å². The molecular weight excluding hydrogens is 373 g/mol. The van der Waals surface area contributed by atoms with E-state index < -0.39 is 35.1 Å². The number of para-hydroxylation sites is 1. The molecule has 0 aliphatic carbocycles. The molecule has 0 saturated heterocycles. The number of nitrogens with zero attached hydrogens (tertiary/aromatic N) is 2. The number of aromatic nitrogens is 1. The molecule has 2 aromatic rings. The Morgan fingerprint density at radius 1 is 1.32 bits per heavy atom. The number of rotatable bonds is 5. The molecule has 1 amide bonds. The Morgan fingerprint density at radius 3 is 2.64 bits per heavy atom. The summed E-state index contributed by atoms with van der Waals surface area (Å²) >= 11 is 0. The molecule has 1 aromatic heterocycles. The van der Waals surface area contributed by atoms with Crippen LogP contribution in [0.1, 0.15) is 18.1 Å². The zero-order valence-electron chi connectivity index (χ0n) is 15.5. The van der Waals surface area contributed by atoms with Gasteiger partial charge in [-0.15, -0.1) is 0 Å². The summed E-state index contributed by atoms with van der Waals surface area (Å²) in [6, 6.07) is 2.39. The van der Waals surface area contributed by atoms with Crippen LogP contribution in [0, 0.1) is 24.4 Å². The van der Waals surface area contributed by atoms with Crippen LogP contribution >= 0.6 is 0 Å². The highest BCUT2D eigenvalue weighted by molar-refractivity contribution is 5.98. The standard InChI is InChI=1S/C19H19F3N4O2/c1-4-28-19-16(22)10(2)11(9-23-19)15-8-14(25-26(15)3)18(27)24-17-12(20)6-5-7-13(17)21/h5-9,14,25H,4H2,1-3H3,(H,24,27). The second-order valence-electron chi connectivity index (χ2n) is 6.15. The van der Waals surface area contributed by atoms with Gasteiger partial charge in [-0.05, 0) is 32.1 Å². The second kappa shape index (κ2) is 7.89. The fourth-order valence-corrected chi connectivity index (χ4v) is 2.86. The molecule has 1 aromatic carbocycles. The van der Waals surface area contributed by atoms with Crippen molar-refractivity contribution in [3.05, 3.63) is 59.1 Å². The second-order valence-corrected chi connectivity index (χ2v) is 6.15. The van der Waals surface area contributed by atoms with Crippen molar-refractivity contribution < 1.29 is 22.7 Å². The van der Waals surface area contributed by atoms with Crippen LogP contribution in [-0.2, 0) is 4.79 Å². The SMILES string of the molecule is CCOc1ncc(C2=CC(C(=O)Nc3c(F)cccc3F)NN2C)c(C)c1F. The predicted octanol–water partition coefficient (Wildman–Crippen LogP) is 3.00. The average molecular weight is 392 g/mol. The van der Waals surface area contributed by atoms with Crippen LogP contribution in [0.25, 0.3) is 5.70 Å². The fraction of sp³-hybridized carbons (Fsp3) is 0.263. The van der Waals surface area contributed by atoms with Crippen LogP contribution < -0.4 is 15.5 Å². The first-order valence-corrected chi connectivity index (χ1v) is 8.58. The Kier molecular flexibility index (Phi) is 5.55. The molecule has 0 fully saturated rings. The van der Waals surface area contributed by atoms with Gasteiger partial charge in [-0.25, -0.2) is 23.6 Å². The van der Waals surface area contributed by atoms with Crippen molar-refractivity contribution >= 4 is 17.3 Å². The number of pyridine rings is 1. The van der Waals surface area contributed by atoms with E-state index in [0.717, 1.165) is 12.1 Å². The predicted molar refractivity (Wildman–Crippen MR) is 97.8 cm³/mol. The molecule has 1 aliphatic rings. The molecule has 1 aliphatic heterocycles. The molecule has 148 valence electrons. The minimum atomic E-state index is -0.909. The van der Waals surface area contributed by atoms with Crippen molar-refractivity contribution in [3.8, 4) is 5.88 Å². The first kappa shape index (κ1) is 19.7. The third kappa shape index (κ3) is 3.65. The van der Waals surface area contributed by atoms with Gasteiger partial charge in [-0.3, -0.25) is 4.79 Å². The summed E-state index contributed by atoms with van der Waals surface area (Å²) in [6.07, 6.45) is 2.97. The normalized spacial score (nSPS) is 16.1. The first-order valence-electron chi connectivity index (χ1n) is 8.58. The molecule has 1 unspecified atom stereocenters. The first-order chi connectivity index (χ1) is 13.3. The average Bonchev–Trinajstić information content (AvgIpc) is 3.04. The molecule has 1 atom stereocenters. The summed E-state index contributed by atoms with van der Waals surface area (Å²) in [5.41, 5.74) is 3.59. The Labute approximate surface area is 160 Å². The summed E-state index contributed by atoms with van der Waals surface area (Å²) < 4.78 is 47.1. The van der Waals surface area contributed by atoms with Gasteiger partial charge in [0.1, 0.15) is 23.4 Å². The summed E-state index contributed by atoms with van der Waals surface area (Å²) in [7, 11) is 1.64. The van der Waals surface area contributed by atoms with Crippen LogP contribution in [0.4, 0.5) is 18.9 Å². The summed E-state index contributed by atoms with van der Waals surface area (Å²) in [4.78, 5) is 16.4. The van der Waals surface area contributed by atoms with E-state index in [0.29, 0.717) is 16.8 Å². The van der Waals surface area contributed by atoms with Crippen LogP contribution in [0.2, 0.25) is 0 Å². The third-order valence-corrected chi connectivity index (χ3v) is 4.30. The molecule has 0 saturated carbocycles. The maximum Gasteiger partial charge on any atom is 0.250 e. The largest absolute Gasteiger partial charge is 0.476 e. The van der Waals surface area contributed by atoms with Crippen molar-refractivity contribution in [2.75, 3.05) is 19.0 Å². The molecule has 0 radical (unpaired) electrons. The topological polar surface area (TPSA) is 66.5 Å². The Balaban J connectivity index is 1.86. The lowest BCUT2D eigenvalue weighted by atomic mass is 10.1. The quantitative estimate of drug-likeness (QED) is 0.819. The van der Waals surface area contributed by atoms with Gasteiger partial charge in [0, 0.05) is 24.4 Å². The third-order valence-electron chi connectivity index (χ3n) is 4.30. The Morgan fingerprint density at radius 2 is 2.00 bits per heavy atom. The van der Waals surface area contributed by atoms with Crippen LogP contribution in [0.3, 0.4) is 0 Å². The highest BCUT2D eigenvalue weighted by atomic mass is 19.1. The van der Waals surface area contributed by atoms with E-state index in [1.165, 1.54) is 23.3 Å². The van der Waals surface area contributed by atoms with Crippen LogP contribution in [-0.4, -0.2) is 35.6 Å². The van der Waals surface area contributed by atoms with E-state index in [2.05, 4.69) is 15.7 Å². The number of nitrogens with one attached hydrogen (secondary N) is 2. The summed E-state index contributed by atoms with van der Waals surface area (Å²) in [5.74, 6) is -3.10. The number of halogens is 3. The molecule has 9 heteroatoms. The number of carbonyl (C=O) groups is 1. The lowest BCUT2D eigenvalue weighted by Gasteiger charge is -2.20. The molecule has 6 nitrogen and oxygen atoms in total. The maximum atomic E-state index is 14.4. The zero-order valence-corrected chi connectivity index (χ0v) is 15.5. The molecule has 3 rings (SSSR count). The maximum absolute atomic E-state index is 14.4. The van der Waals surface area contributed by atoms with E-state index in [1.54, 1.807) is 20.9 Å². The number of hydrogen-bond donors (Lipinski definition) is 2. The summed E-state index contributed by atoms with van der Waals surface area (Å²) in [6.45, 7) is 3.58. The Bertz CT molecular complexity index is 929. The number of benzene rings is 1. The van der Waals surface area contributed by atoms with E-state index in [4.69, 9.17) is 4.74 Å². The van der Waals surface area contributed by atoms with Crippen LogP contribution in [0.5, 0.6) is 5.88 Å². The van der Waals surface area contributed by atoms with Crippen molar-refractivity contribution in [3.63, 3.8) is 0 Å². The van der Waals surface area contributed by atoms with Crippen molar-refractivity contribution in [2.24, 2.45) is 0 Å². The van der Waals surface area contributed by atoms with Gasteiger partial charge < -0.3 is 15.1 Å². The van der Waals surface area contributed by atoms with E-state index >= 15 is 0 Å². The number of amides is 1. The van der Waals surface area contributed by atoms with Gasteiger partial charge in [0.15, 0.2) is 5.82 Å². The molecule has 28 heavy (non-hydrogen) atoms. The highest BCUT2D eigenvalue weighted by Crippen LogP contribution is 2.29. The Hall–Kier alpha value is -3.07. The van der Waals surface area contributed by atoms with E-state index in [9.17, 15) is 18.0 Å². The lowest BCUT2D eigenvalue weighted by molar-refractivity contribution is -0.117. The minimum Gasteiger partial charge on any atom is -0.476 e. The molecular formula is C19H19F3N4O2. The number of hydrogen-bond acceptors (Lipinski definition) is 5. The zero-order chi connectivity index (χ0) is 20.4. The molecule has 2 heterocycles. The van der Waals surface area contributed by atoms with Crippen molar-refractivity contribution in [1.29, 1.82) is 0 Å². The summed E-state index contributed by atoms with van der Waals surface area (Å²) in [5, 5.41) is 3.75. The monoisotopic (exact) mass is 392 g/mol. The van der Waals surface area contributed by atoms with Gasteiger partial charge in [-0.1, -0.05) is 6.07 Å². The van der Waals surface area contributed by atoms with Crippen molar-refractivity contribution in [2.45, 2.75) is 19.9 Å². The molecule has 0 spiro atoms. The van der Waals surface area contributed by atoms with E-state index in [-0.39, 0.29) is 12.5 Å². The number of hydrazine groups is 1. The number of ether oxygens (including phenoxy) is 1. The minimum absolute atomic E-state index is 0.0951. The number of carbonyl (C=O) groups excluding carboxylic acids is 1. The fourth-order valence-electron chi connectivity index (χ4n) is 2.86. The van der Waals surface area contributed by atoms with Gasteiger partial charge >= 0.3 is 0 Å². The number of anilines is 1. The molecule has 0 bridgehead atoms. The highest BCUT2D eigenvalue weighted by Gasteiger charge is 2.29. The van der Waals surface area contributed by atoms with Gasteiger partial charge in [0.25, 0.3) is 5.88 Å². The van der Waals surface area contributed by atoms with Crippen LogP contribution in [0.15, 0.2) is 30.5 Å². The smallest absolute Gasteiger partial charge is 0.250 e.